The van der Waals surface area contributed by atoms with E-state index in [9.17, 15) is 0 Å². The molecule has 1 aromatic heterocycles. The van der Waals surface area contributed by atoms with Crippen LogP contribution in [-0.4, -0.2) is 10.1 Å². The predicted molar refractivity (Wildman–Crippen MR) is 70.4 cm³/mol. The molecule has 0 saturated heterocycles. The lowest BCUT2D eigenvalue weighted by molar-refractivity contribution is 0.281. The normalized spacial score (nSPS) is 10.1. The molecule has 0 saturated carbocycles. The number of halogens is 1. The van der Waals surface area contributed by atoms with Gasteiger partial charge in [-0.05, 0) is 29.8 Å². The number of nitriles is 1. The summed E-state index contributed by atoms with van der Waals surface area (Å²) in [6, 6.07) is 10.9. The quantitative estimate of drug-likeness (QED) is 0.935. The fraction of sp³-hybridized carbons (Fsp3) is 0.0769. The summed E-state index contributed by atoms with van der Waals surface area (Å²) in [6.07, 6.45) is 1.66. The van der Waals surface area contributed by atoms with Crippen LogP contribution in [0.3, 0.4) is 0 Å². The highest BCUT2D eigenvalue weighted by Crippen LogP contribution is 2.33. The molecule has 5 heteroatoms. The van der Waals surface area contributed by atoms with Gasteiger partial charge in [-0.2, -0.15) is 5.26 Å². The van der Waals surface area contributed by atoms with Gasteiger partial charge in [0.05, 0.1) is 17.2 Å². The summed E-state index contributed by atoms with van der Waals surface area (Å²) in [5.41, 5.74) is 1.22. The van der Waals surface area contributed by atoms with E-state index in [1.54, 1.807) is 36.5 Å². The summed E-state index contributed by atoms with van der Waals surface area (Å²) in [5.74, 6) is 0. The van der Waals surface area contributed by atoms with Crippen LogP contribution in [-0.2, 0) is 6.61 Å². The first-order valence-corrected chi connectivity index (χ1v) is 6.36. The molecule has 1 N–H and O–H groups in total. The molecule has 1 heterocycles. The lowest BCUT2D eigenvalue weighted by atomic mass is 10.1. The van der Waals surface area contributed by atoms with E-state index in [4.69, 9.17) is 22.0 Å². The van der Waals surface area contributed by atoms with Crippen LogP contribution in [0.5, 0.6) is 0 Å². The number of aliphatic hydroxyl groups is 1. The highest BCUT2D eigenvalue weighted by Gasteiger charge is 2.08. The Morgan fingerprint density at radius 2 is 2.22 bits per heavy atom. The van der Waals surface area contributed by atoms with Crippen LogP contribution < -0.4 is 0 Å². The molecule has 0 aliphatic heterocycles. The van der Waals surface area contributed by atoms with Crippen molar-refractivity contribution in [3.05, 3.63) is 52.7 Å². The van der Waals surface area contributed by atoms with Crippen LogP contribution >= 0.6 is 23.4 Å². The van der Waals surface area contributed by atoms with E-state index in [1.807, 2.05) is 0 Å². The number of hydrogen-bond donors (Lipinski definition) is 1. The molecule has 0 atom stereocenters. The molecule has 18 heavy (non-hydrogen) atoms. The summed E-state index contributed by atoms with van der Waals surface area (Å²) >= 11 is 7.36. The molecule has 3 nitrogen and oxygen atoms in total. The number of aromatic nitrogens is 1. The monoisotopic (exact) mass is 276 g/mol. The van der Waals surface area contributed by atoms with Crippen LogP contribution in [0.25, 0.3) is 0 Å². The van der Waals surface area contributed by atoms with Gasteiger partial charge < -0.3 is 5.11 Å². The van der Waals surface area contributed by atoms with Gasteiger partial charge in [-0.3, -0.25) is 0 Å². The predicted octanol–water partition coefficient (Wildman–Crippen LogP) is 3.25. The molecule has 2 rings (SSSR count). The zero-order chi connectivity index (χ0) is 13.0. The molecule has 2 aromatic rings. The van der Waals surface area contributed by atoms with Crippen molar-refractivity contribution < 1.29 is 5.11 Å². The van der Waals surface area contributed by atoms with Crippen molar-refractivity contribution in [1.29, 1.82) is 5.26 Å². The van der Waals surface area contributed by atoms with Crippen LogP contribution in [0.15, 0.2) is 46.5 Å². The van der Waals surface area contributed by atoms with E-state index in [0.717, 1.165) is 4.90 Å². The Morgan fingerprint density at radius 1 is 1.39 bits per heavy atom. The van der Waals surface area contributed by atoms with Crippen molar-refractivity contribution in [3.8, 4) is 6.07 Å². The molecule has 0 aliphatic carbocycles. The standard InChI is InChI=1S/C13H9ClN2OS/c14-11-2-1-5-16-13(11)18-12-4-3-9(8-17)6-10(12)7-15/h1-6,17H,8H2. The van der Waals surface area contributed by atoms with Gasteiger partial charge in [-0.25, -0.2) is 4.98 Å². The Bertz CT molecular complexity index is 610. The highest BCUT2D eigenvalue weighted by atomic mass is 35.5. The molecule has 0 bridgehead atoms. The van der Waals surface area contributed by atoms with Gasteiger partial charge in [0.2, 0.25) is 0 Å². The van der Waals surface area contributed by atoms with Gasteiger partial charge in [-0.1, -0.05) is 29.4 Å². The van der Waals surface area contributed by atoms with Crippen molar-refractivity contribution in [2.45, 2.75) is 16.5 Å². The van der Waals surface area contributed by atoms with Gasteiger partial charge in [0.1, 0.15) is 11.1 Å². The van der Waals surface area contributed by atoms with Gasteiger partial charge in [-0.15, -0.1) is 0 Å². The number of aliphatic hydroxyl groups excluding tert-OH is 1. The Labute approximate surface area is 114 Å². The molecule has 0 unspecified atom stereocenters. The molecule has 0 spiro atoms. The molecule has 0 aliphatic rings. The average molecular weight is 277 g/mol. The second kappa shape index (κ2) is 5.87. The van der Waals surface area contributed by atoms with Crippen molar-refractivity contribution >= 4 is 23.4 Å². The number of benzene rings is 1. The van der Waals surface area contributed by atoms with Crippen molar-refractivity contribution in [3.63, 3.8) is 0 Å². The molecule has 1 aromatic carbocycles. The van der Waals surface area contributed by atoms with Crippen LogP contribution in [0.4, 0.5) is 0 Å². The minimum absolute atomic E-state index is 0.0794. The lowest BCUT2D eigenvalue weighted by Gasteiger charge is -2.06. The maximum absolute atomic E-state index is 9.09. The smallest absolute Gasteiger partial charge is 0.119 e. The van der Waals surface area contributed by atoms with Crippen molar-refractivity contribution in [2.24, 2.45) is 0 Å². The van der Waals surface area contributed by atoms with E-state index >= 15 is 0 Å². The first-order chi connectivity index (χ1) is 8.74. The third-order valence-electron chi connectivity index (χ3n) is 2.28. The first-order valence-electron chi connectivity index (χ1n) is 5.17. The first kappa shape index (κ1) is 12.9. The molecular formula is C13H9ClN2OS. The molecule has 0 fully saturated rings. The number of nitrogens with zero attached hydrogens (tertiary/aromatic N) is 2. The minimum atomic E-state index is -0.0794. The maximum Gasteiger partial charge on any atom is 0.119 e. The van der Waals surface area contributed by atoms with Crippen LogP contribution in [0.2, 0.25) is 5.02 Å². The summed E-state index contributed by atoms with van der Waals surface area (Å²) in [6.45, 7) is -0.0794. The van der Waals surface area contributed by atoms with Gasteiger partial charge in [0, 0.05) is 11.1 Å². The summed E-state index contributed by atoms with van der Waals surface area (Å²) < 4.78 is 0. The van der Waals surface area contributed by atoms with Gasteiger partial charge >= 0.3 is 0 Å². The van der Waals surface area contributed by atoms with Crippen molar-refractivity contribution in [1.82, 2.24) is 4.98 Å². The fourth-order valence-corrected chi connectivity index (χ4v) is 2.48. The Hall–Kier alpha value is -1.54. The number of hydrogen-bond acceptors (Lipinski definition) is 4. The number of pyridine rings is 1. The molecule has 0 radical (unpaired) electrons. The molecule has 90 valence electrons. The lowest BCUT2D eigenvalue weighted by Crippen LogP contribution is -1.88. The minimum Gasteiger partial charge on any atom is -0.392 e. The Kier molecular flexibility index (Phi) is 4.21. The van der Waals surface area contributed by atoms with Crippen LogP contribution in [0.1, 0.15) is 11.1 Å². The van der Waals surface area contributed by atoms with E-state index in [-0.39, 0.29) is 6.61 Å². The summed E-state index contributed by atoms with van der Waals surface area (Å²) in [5, 5.41) is 19.3. The molecule has 0 amide bonds. The van der Waals surface area contributed by atoms with E-state index in [1.165, 1.54) is 11.8 Å². The average Bonchev–Trinajstić information content (AvgIpc) is 2.41. The second-order valence-corrected chi connectivity index (χ2v) is 4.93. The van der Waals surface area contributed by atoms with E-state index < -0.39 is 0 Å². The third-order valence-corrected chi connectivity index (χ3v) is 3.79. The van der Waals surface area contributed by atoms with Crippen LogP contribution in [0, 0.1) is 11.3 Å². The highest BCUT2D eigenvalue weighted by molar-refractivity contribution is 7.99. The Balaban J connectivity index is 2.35. The number of rotatable bonds is 3. The Morgan fingerprint density at radius 3 is 2.89 bits per heavy atom. The topological polar surface area (TPSA) is 56.9 Å². The van der Waals surface area contributed by atoms with Gasteiger partial charge in [0.25, 0.3) is 0 Å². The zero-order valence-corrected chi connectivity index (χ0v) is 10.9. The summed E-state index contributed by atoms with van der Waals surface area (Å²) in [4.78, 5) is 4.94. The maximum atomic E-state index is 9.09. The molecular weight excluding hydrogens is 268 g/mol. The largest absolute Gasteiger partial charge is 0.392 e. The van der Waals surface area contributed by atoms with E-state index in [2.05, 4.69) is 11.1 Å². The SMILES string of the molecule is N#Cc1cc(CO)ccc1Sc1ncccc1Cl. The summed E-state index contributed by atoms with van der Waals surface area (Å²) in [7, 11) is 0. The fourth-order valence-electron chi connectivity index (χ4n) is 1.40. The van der Waals surface area contributed by atoms with Gasteiger partial charge in [0.15, 0.2) is 0 Å². The van der Waals surface area contributed by atoms with E-state index in [0.29, 0.717) is 21.2 Å². The second-order valence-electron chi connectivity index (χ2n) is 3.49. The zero-order valence-electron chi connectivity index (χ0n) is 9.30. The van der Waals surface area contributed by atoms with Crippen molar-refractivity contribution in [2.75, 3.05) is 0 Å². The third kappa shape index (κ3) is 2.82.